The van der Waals surface area contributed by atoms with Gasteiger partial charge in [0.15, 0.2) is 0 Å². The molecule has 4 heterocycles. The summed E-state index contributed by atoms with van der Waals surface area (Å²) >= 11 is 0. The van der Waals surface area contributed by atoms with E-state index in [4.69, 9.17) is 0 Å². The second-order valence-electron chi connectivity index (χ2n) is 8.24. The van der Waals surface area contributed by atoms with Crippen molar-refractivity contribution in [1.29, 1.82) is 0 Å². The molecule has 4 aliphatic rings. The highest BCUT2D eigenvalue weighted by Gasteiger charge is 2.51. The van der Waals surface area contributed by atoms with Gasteiger partial charge in [-0.15, -0.1) is 0 Å². The molecule has 26 heavy (non-hydrogen) atoms. The van der Waals surface area contributed by atoms with Crippen molar-refractivity contribution in [3.05, 3.63) is 34.7 Å². The summed E-state index contributed by atoms with van der Waals surface area (Å²) in [5.74, 6) is 0.130. The summed E-state index contributed by atoms with van der Waals surface area (Å²) in [5, 5.41) is 3.47. The van der Waals surface area contributed by atoms with Crippen molar-refractivity contribution in [3.8, 4) is 0 Å². The molecule has 0 aromatic heterocycles. The number of hydrogen-bond donors (Lipinski definition) is 1. The van der Waals surface area contributed by atoms with Crippen LogP contribution in [0.25, 0.3) is 0 Å². The Morgan fingerprint density at radius 1 is 1.27 bits per heavy atom. The van der Waals surface area contributed by atoms with Gasteiger partial charge in [-0.1, -0.05) is 11.6 Å². The van der Waals surface area contributed by atoms with Gasteiger partial charge in [0, 0.05) is 31.9 Å². The van der Waals surface area contributed by atoms with Crippen molar-refractivity contribution in [2.24, 2.45) is 10.4 Å². The Labute approximate surface area is 156 Å². The highest BCUT2D eigenvalue weighted by molar-refractivity contribution is 6.28. The number of nitrogens with one attached hydrogen (secondary N) is 1. The van der Waals surface area contributed by atoms with Crippen LogP contribution in [0.2, 0.25) is 0 Å². The molecule has 0 spiro atoms. The van der Waals surface area contributed by atoms with Crippen LogP contribution in [0.15, 0.2) is 39.7 Å². The lowest BCUT2D eigenvalue weighted by Crippen LogP contribution is -2.56. The van der Waals surface area contributed by atoms with Crippen LogP contribution in [-0.2, 0) is 4.79 Å². The third-order valence-corrected chi connectivity index (χ3v) is 6.41. The maximum atomic E-state index is 13.4. The molecule has 2 fully saturated rings. The SMILES string of the molecule is CN=C1C(=C(C)C)C(=O)N2CCC(N3CCCC3)C3=C2C1(C)C=CNC3. The number of piperidine rings is 1. The fourth-order valence-electron chi connectivity index (χ4n) is 5.30. The summed E-state index contributed by atoms with van der Waals surface area (Å²) in [4.78, 5) is 22.7. The van der Waals surface area contributed by atoms with E-state index in [1.807, 2.05) is 20.9 Å². The molecule has 4 aliphatic heterocycles. The van der Waals surface area contributed by atoms with E-state index >= 15 is 0 Å². The van der Waals surface area contributed by atoms with Crippen molar-refractivity contribution in [1.82, 2.24) is 15.1 Å². The molecule has 5 nitrogen and oxygen atoms in total. The Kier molecular flexibility index (Phi) is 4.30. The van der Waals surface area contributed by atoms with Gasteiger partial charge >= 0.3 is 0 Å². The van der Waals surface area contributed by atoms with Crippen molar-refractivity contribution in [3.63, 3.8) is 0 Å². The molecule has 1 amide bonds. The Bertz CT molecular complexity index is 750. The first kappa shape index (κ1) is 17.5. The van der Waals surface area contributed by atoms with Gasteiger partial charge in [-0.25, -0.2) is 0 Å². The minimum atomic E-state index is -0.355. The summed E-state index contributed by atoms with van der Waals surface area (Å²) in [6.45, 7) is 10.2. The molecular weight excluding hydrogens is 324 g/mol. The second-order valence-corrected chi connectivity index (χ2v) is 8.24. The summed E-state index contributed by atoms with van der Waals surface area (Å²) < 4.78 is 0. The Morgan fingerprint density at radius 2 is 2.00 bits per heavy atom. The third-order valence-electron chi connectivity index (χ3n) is 6.41. The average Bonchev–Trinajstić information content (AvgIpc) is 3.08. The summed E-state index contributed by atoms with van der Waals surface area (Å²) in [5.41, 5.74) is 4.96. The first-order valence-electron chi connectivity index (χ1n) is 9.84. The standard InChI is InChI=1S/C21H30N4O/c1-14(2)17-18(22-4)21(3)8-9-23-13-15-16(24-10-5-6-11-24)7-12-25(19(15)21)20(17)26/h8-9,16,23H,5-7,10-13H2,1-4H3. The molecule has 0 saturated carbocycles. The zero-order valence-electron chi connectivity index (χ0n) is 16.4. The first-order valence-corrected chi connectivity index (χ1v) is 9.84. The number of rotatable bonds is 1. The zero-order chi connectivity index (χ0) is 18.5. The lowest BCUT2D eigenvalue weighted by atomic mass is 9.69. The van der Waals surface area contributed by atoms with Crippen LogP contribution in [0, 0.1) is 5.41 Å². The summed E-state index contributed by atoms with van der Waals surface area (Å²) in [6.07, 6.45) is 7.85. The molecule has 1 N–H and O–H groups in total. The number of hydrogen-bond acceptors (Lipinski definition) is 4. The van der Waals surface area contributed by atoms with Crippen LogP contribution in [-0.4, -0.2) is 60.7 Å². The van der Waals surface area contributed by atoms with Crippen LogP contribution in [0.4, 0.5) is 0 Å². The number of carbonyl (C=O) groups excluding carboxylic acids is 1. The summed E-state index contributed by atoms with van der Waals surface area (Å²) in [7, 11) is 1.82. The maximum absolute atomic E-state index is 13.4. The molecule has 2 saturated heterocycles. The molecule has 2 atom stereocenters. The van der Waals surface area contributed by atoms with Gasteiger partial charge in [-0.2, -0.15) is 0 Å². The van der Waals surface area contributed by atoms with Gasteiger partial charge in [0.1, 0.15) is 0 Å². The van der Waals surface area contributed by atoms with Crippen molar-refractivity contribution in [2.45, 2.75) is 46.1 Å². The van der Waals surface area contributed by atoms with Gasteiger partial charge in [-0.3, -0.25) is 14.7 Å². The normalized spacial score (nSPS) is 33.5. The lowest BCUT2D eigenvalue weighted by Gasteiger charge is -2.49. The van der Waals surface area contributed by atoms with Crippen LogP contribution < -0.4 is 5.32 Å². The molecule has 0 aromatic rings. The monoisotopic (exact) mass is 354 g/mol. The molecule has 4 rings (SSSR count). The smallest absolute Gasteiger partial charge is 0.259 e. The molecule has 140 valence electrons. The van der Waals surface area contributed by atoms with Gasteiger partial charge in [-0.05, 0) is 64.9 Å². The van der Waals surface area contributed by atoms with Gasteiger partial charge in [0.25, 0.3) is 5.91 Å². The number of nitrogens with zero attached hydrogens (tertiary/aromatic N) is 3. The second kappa shape index (κ2) is 6.38. The van der Waals surface area contributed by atoms with Crippen LogP contribution in [0.3, 0.4) is 0 Å². The minimum absolute atomic E-state index is 0.130. The van der Waals surface area contributed by atoms with E-state index in [-0.39, 0.29) is 11.3 Å². The molecular formula is C21H30N4O. The third kappa shape index (κ3) is 2.40. The Hall–Kier alpha value is -1.88. The van der Waals surface area contributed by atoms with E-state index in [0.717, 1.165) is 36.4 Å². The van der Waals surface area contributed by atoms with Crippen molar-refractivity contribution >= 4 is 11.6 Å². The van der Waals surface area contributed by atoms with E-state index in [1.54, 1.807) is 0 Å². The number of aliphatic imine (C=N–C) groups is 1. The first-order chi connectivity index (χ1) is 12.5. The van der Waals surface area contributed by atoms with Crippen molar-refractivity contribution < 1.29 is 4.79 Å². The van der Waals surface area contributed by atoms with E-state index in [1.165, 1.54) is 37.2 Å². The van der Waals surface area contributed by atoms with E-state index < -0.39 is 0 Å². The Balaban J connectivity index is 1.93. The predicted octanol–water partition coefficient (Wildman–Crippen LogP) is 2.48. The quantitative estimate of drug-likeness (QED) is 0.736. The Morgan fingerprint density at radius 3 is 2.65 bits per heavy atom. The zero-order valence-corrected chi connectivity index (χ0v) is 16.4. The van der Waals surface area contributed by atoms with E-state index in [0.29, 0.717) is 6.04 Å². The highest BCUT2D eigenvalue weighted by Crippen LogP contribution is 2.47. The maximum Gasteiger partial charge on any atom is 0.259 e. The van der Waals surface area contributed by atoms with E-state index in [9.17, 15) is 4.79 Å². The van der Waals surface area contributed by atoms with Gasteiger partial charge in [0.05, 0.1) is 16.7 Å². The van der Waals surface area contributed by atoms with Crippen LogP contribution in [0.1, 0.15) is 40.0 Å². The molecule has 0 radical (unpaired) electrons. The predicted molar refractivity (Wildman–Crippen MR) is 105 cm³/mol. The molecule has 0 aromatic carbocycles. The van der Waals surface area contributed by atoms with Crippen LogP contribution >= 0.6 is 0 Å². The van der Waals surface area contributed by atoms with Crippen LogP contribution in [0.5, 0.6) is 0 Å². The topological polar surface area (TPSA) is 47.9 Å². The van der Waals surface area contributed by atoms with Gasteiger partial charge in [0.2, 0.25) is 0 Å². The fraction of sp³-hybridized carbons (Fsp3) is 0.619. The molecule has 2 unspecified atom stereocenters. The number of carbonyl (C=O) groups is 1. The number of likely N-dealkylation sites (tertiary alicyclic amines) is 1. The van der Waals surface area contributed by atoms with Crippen molar-refractivity contribution in [2.75, 3.05) is 33.2 Å². The number of allylic oxidation sites excluding steroid dienone is 2. The van der Waals surface area contributed by atoms with E-state index in [2.05, 4.69) is 39.3 Å². The molecule has 0 bridgehead atoms. The fourth-order valence-corrected chi connectivity index (χ4v) is 5.30. The summed E-state index contributed by atoms with van der Waals surface area (Å²) in [6, 6.07) is 0.439. The molecule has 5 heteroatoms. The largest absolute Gasteiger partial charge is 0.387 e. The minimum Gasteiger partial charge on any atom is -0.387 e. The lowest BCUT2D eigenvalue weighted by molar-refractivity contribution is -0.126. The average molecular weight is 354 g/mol. The number of amides is 1. The highest BCUT2D eigenvalue weighted by atomic mass is 16.2. The molecule has 0 aliphatic carbocycles. The van der Waals surface area contributed by atoms with Gasteiger partial charge < -0.3 is 10.2 Å².